The lowest BCUT2D eigenvalue weighted by Gasteiger charge is -2.35. The van der Waals surface area contributed by atoms with Gasteiger partial charge in [0, 0.05) is 31.5 Å². The van der Waals surface area contributed by atoms with E-state index in [4.69, 9.17) is 9.72 Å². The number of aromatic nitrogens is 2. The minimum atomic E-state index is 0.456. The maximum Gasteiger partial charge on any atom is 0.135 e. The molecular weight excluding hydrogens is 250 g/mol. The lowest BCUT2D eigenvalue weighted by atomic mass is 9.92. The van der Waals surface area contributed by atoms with Crippen LogP contribution in [-0.4, -0.2) is 36.3 Å². The fourth-order valence-corrected chi connectivity index (χ4v) is 3.67. The van der Waals surface area contributed by atoms with Gasteiger partial charge in [-0.1, -0.05) is 0 Å². The number of hydrogen-bond acceptors (Lipinski definition) is 4. The summed E-state index contributed by atoms with van der Waals surface area (Å²) >= 11 is 0. The molecule has 2 aliphatic rings. The molecule has 4 heteroatoms. The molecule has 0 aromatic carbocycles. The topological polar surface area (TPSA) is 38.2 Å². The molecule has 4 nitrogen and oxygen atoms in total. The van der Waals surface area contributed by atoms with Gasteiger partial charge < -0.3 is 9.64 Å². The van der Waals surface area contributed by atoms with Gasteiger partial charge in [0.15, 0.2) is 0 Å². The van der Waals surface area contributed by atoms with Crippen molar-refractivity contribution < 1.29 is 4.74 Å². The van der Waals surface area contributed by atoms with Gasteiger partial charge in [0.1, 0.15) is 11.6 Å². The Bertz CT molecular complexity index is 481. The predicted molar refractivity (Wildman–Crippen MR) is 80.3 cm³/mol. The summed E-state index contributed by atoms with van der Waals surface area (Å²) in [5.41, 5.74) is 2.68. The van der Waals surface area contributed by atoms with Crippen molar-refractivity contribution >= 4 is 5.82 Å². The van der Waals surface area contributed by atoms with E-state index >= 15 is 0 Å². The van der Waals surface area contributed by atoms with Crippen LogP contribution in [0.2, 0.25) is 0 Å². The average Bonchev–Trinajstić information content (AvgIpc) is 2.94. The third-order valence-corrected chi connectivity index (χ3v) is 4.88. The zero-order chi connectivity index (χ0) is 14.1. The lowest BCUT2D eigenvalue weighted by Crippen LogP contribution is -2.38. The zero-order valence-corrected chi connectivity index (χ0v) is 12.9. The SMILES string of the molecule is CO[C@H]1CC[C@H](N(C)c2nc(C)nc3c2CCC3)CC1. The summed E-state index contributed by atoms with van der Waals surface area (Å²) in [6, 6.07) is 0.598. The van der Waals surface area contributed by atoms with E-state index in [9.17, 15) is 0 Å². The Hall–Kier alpha value is -1.16. The number of nitrogens with zero attached hydrogens (tertiary/aromatic N) is 3. The first-order valence-corrected chi connectivity index (χ1v) is 7.81. The highest BCUT2D eigenvalue weighted by molar-refractivity contribution is 5.51. The van der Waals surface area contributed by atoms with Gasteiger partial charge in [0.05, 0.1) is 6.10 Å². The van der Waals surface area contributed by atoms with Gasteiger partial charge in [0.2, 0.25) is 0 Å². The van der Waals surface area contributed by atoms with Gasteiger partial charge in [-0.3, -0.25) is 0 Å². The van der Waals surface area contributed by atoms with Crippen LogP contribution >= 0.6 is 0 Å². The molecule has 0 N–H and O–H groups in total. The smallest absolute Gasteiger partial charge is 0.135 e. The van der Waals surface area contributed by atoms with Crippen molar-refractivity contribution in [2.75, 3.05) is 19.1 Å². The summed E-state index contributed by atoms with van der Waals surface area (Å²) in [5, 5.41) is 0. The molecule has 0 amide bonds. The minimum absolute atomic E-state index is 0.456. The van der Waals surface area contributed by atoms with Crippen molar-refractivity contribution in [3.05, 3.63) is 17.1 Å². The standard InChI is InChI=1S/C16H25N3O/c1-11-17-15-6-4-5-14(15)16(18-11)19(2)12-7-9-13(20-3)10-8-12/h12-13H,4-10H2,1-3H3/t12-,13-. The van der Waals surface area contributed by atoms with E-state index < -0.39 is 0 Å². The van der Waals surface area contributed by atoms with Crippen LogP contribution in [-0.2, 0) is 17.6 Å². The molecule has 1 aromatic heterocycles. The lowest BCUT2D eigenvalue weighted by molar-refractivity contribution is 0.0659. The van der Waals surface area contributed by atoms with Gasteiger partial charge in [0.25, 0.3) is 0 Å². The Kier molecular flexibility index (Phi) is 3.92. The first-order valence-electron chi connectivity index (χ1n) is 7.81. The van der Waals surface area contributed by atoms with Crippen molar-refractivity contribution in [1.29, 1.82) is 0 Å². The number of ether oxygens (including phenoxy) is 1. The van der Waals surface area contributed by atoms with Crippen LogP contribution in [0.25, 0.3) is 0 Å². The fourth-order valence-electron chi connectivity index (χ4n) is 3.67. The summed E-state index contributed by atoms with van der Waals surface area (Å²) in [5.74, 6) is 2.10. The Morgan fingerprint density at radius 3 is 2.55 bits per heavy atom. The van der Waals surface area contributed by atoms with E-state index in [1.54, 1.807) is 0 Å². The first kappa shape index (κ1) is 13.8. The highest BCUT2D eigenvalue weighted by atomic mass is 16.5. The molecular formula is C16H25N3O. The third kappa shape index (κ3) is 2.53. The number of aryl methyl sites for hydroxylation is 2. The van der Waals surface area contributed by atoms with E-state index in [1.807, 2.05) is 14.0 Å². The second-order valence-electron chi connectivity index (χ2n) is 6.15. The van der Waals surface area contributed by atoms with Crippen LogP contribution in [0.15, 0.2) is 0 Å². The normalized spacial score (nSPS) is 25.6. The largest absolute Gasteiger partial charge is 0.381 e. The fraction of sp³-hybridized carbons (Fsp3) is 0.750. The predicted octanol–water partition coefficient (Wildman–Crippen LogP) is 2.67. The van der Waals surface area contributed by atoms with Crippen LogP contribution in [0.3, 0.4) is 0 Å². The molecule has 20 heavy (non-hydrogen) atoms. The van der Waals surface area contributed by atoms with Crippen LogP contribution < -0.4 is 4.90 Å². The number of anilines is 1. The zero-order valence-electron chi connectivity index (χ0n) is 12.9. The van der Waals surface area contributed by atoms with E-state index in [0.717, 1.165) is 31.5 Å². The van der Waals surface area contributed by atoms with E-state index in [0.29, 0.717) is 12.1 Å². The van der Waals surface area contributed by atoms with Crippen molar-refractivity contribution in [3.63, 3.8) is 0 Å². The molecule has 1 fully saturated rings. The highest BCUT2D eigenvalue weighted by Crippen LogP contribution is 2.32. The van der Waals surface area contributed by atoms with E-state index in [-0.39, 0.29) is 0 Å². The molecule has 0 aliphatic heterocycles. The van der Waals surface area contributed by atoms with E-state index in [2.05, 4.69) is 16.9 Å². The summed E-state index contributed by atoms with van der Waals surface area (Å²) in [6.45, 7) is 2.01. The second kappa shape index (κ2) is 5.68. The van der Waals surface area contributed by atoms with Crippen LogP contribution in [0, 0.1) is 6.92 Å². The number of hydrogen-bond donors (Lipinski definition) is 0. The van der Waals surface area contributed by atoms with Crippen molar-refractivity contribution in [3.8, 4) is 0 Å². The highest BCUT2D eigenvalue weighted by Gasteiger charge is 2.28. The van der Waals surface area contributed by atoms with Crippen LogP contribution in [0.5, 0.6) is 0 Å². The molecule has 110 valence electrons. The van der Waals surface area contributed by atoms with Gasteiger partial charge in [-0.05, 0) is 51.9 Å². The monoisotopic (exact) mass is 275 g/mol. The van der Waals surface area contributed by atoms with Crippen LogP contribution in [0.4, 0.5) is 5.82 Å². The third-order valence-electron chi connectivity index (χ3n) is 4.88. The summed E-state index contributed by atoms with van der Waals surface area (Å²) in [7, 11) is 4.04. The molecule has 1 aromatic rings. The Balaban J connectivity index is 1.79. The van der Waals surface area contributed by atoms with Crippen molar-refractivity contribution in [1.82, 2.24) is 9.97 Å². The molecule has 0 unspecified atom stereocenters. The molecule has 0 radical (unpaired) electrons. The molecule has 0 bridgehead atoms. The summed E-state index contributed by atoms with van der Waals surface area (Å²) in [6.07, 6.45) is 8.68. The number of rotatable bonds is 3. The maximum atomic E-state index is 5.47. The number of methoxy groups -OCH3 is 1. The maximum absolute atomic E-state index is 5.47. The molecule has 1 heterocycles. The minimum Gasteiger partial charge on any atom is -0.381 e. The van der Waals surface area contributed by atoms with Crippen molar-refractivity contribution in [2.45, 2.75) is 64.0 Å². The molecule has 3 rings (SSSR count). The summed E-state index contributed by atoms with van der Waals surface area (Å²) < 4.78 is 5.47. The van der Waals surface area contributed by atoms with Gasteiger partial charge >= 0.3 is 0 Å². The first-order chi connectivity index (χ1) is 9.69. The van der Waals surface area contributed by atoms with Gasteiger partial charge in [-0.25, -0.2) is 9.97 Å². The van der Waals surface area contributed by atoms with E-state index in [1.165, 1.54) is 36.3 Å². The molecule has 0 spiro atoms. The quantitative estimate of drug-likeness (QED) is 0.850. The van der Waals surface area contributed by atoms with Crippen molar-refractivity contribution in [2.24, 2.45) is 0 Å². The summed E-state index contributed by atoms with van der Waals surface area (Å²) in [4.78, 5) is 11.8. The Morgan fingerprint density at radius 1 is 1.10 bits per heavy atom. The second-order valence-corrected chi connectivity index (χ2v) is 6.15. The van der Waals surface area contributed by atoms with Gasteiger partial charge in [-0.15, -0.1) is 0 Å². The molecule has 2 aliphatic carbocycles. The number of fused-ring (bicyclic) bond motifs is 1. The van der Waals surface area contributed by atoms with Gasteiger partial charge in [-0.2, -0.15) is 0 Å². The molecule has 1 saturated carbocycles. The molecule has 0 atom stereocenters. The van der Waals surface area contributed by atoms with Crippen LogP contribution in [0.1, 0.15) is 49.2 Å². The Morgan fingerprint density at radius 2 is 1.85 bits per heavy atom. The Labute approximate surface area is 121 Å². The average molecular weight is 275 g/mol. The molecule has 0 saturated heterocycles.